The summed E-state index contributed by atoms with van der Waals surface area (Å²) in [6.45, 7) is 6.15. The van der Waals surface area contributed by atoms with Crippen LogP contribution in [0.25, 0.3) is 0 Å². The van der Waals surface area contributed by atoms with Gasteiger partial charge in [0, 0.05) is 30.7 Å². The van der Waals surface area contributed by atoms with Crippen LogP contribution in [-0.2, 0) is 11.3 Å². The van der Waals surface area contributed by atoms with Crippen molar-refractivity contribution in [3.8, 4) is 0 Å². The van der Waals surface area contributed by atoms with Crippen molar-refractivity contribution in [2.75, 3.05) is 25.0 Å². The summed E-state index contributed by atoms with van der Waals surface area (Å²) in [5.74, 6) is 0.754. The molecule has 122 valence electrons. The Bertz CT molecular complexity index is 686. The molecule has 0 bridgehead atoms. The summed E-state index contributed by atoms with van der Waals surface area (Å²) in [4.78, 5) is 18.3. The fourth-order valence-corrected chi connectivity index (χ4v) is 2.57. The molecule has 1 aliphatic heterocycles. The number of rotatable bonds is 3. The van der Waals surface area contributed by atoms with E-state index in [2.05, 4.69) is 20.5 Å². The minimum absolute atomic E-state index is 0.147. The lowest BCUT2D eigenvalue weighted by atomic mass is 10.2. The fourth-order valence-electron chi connectivity index (χ4n) is 2.57. The average Bonchev–Trinajstić information content (AvgIpc) is 3.03. The zero-order valence-corrected chi connectivity index (χ0v) is 13.3. The molecule has 2 amide bonds. The van der Waals surface area contributed by atoms with Gasteiger partial charge in [-0.1, -0.05) is 0 Å². The SMILES string of the molecule is CCn1cnnc1[C@@H]1CN(C(=O)Nc2ccnc(C)c2)CCO1. The zero-order chi connectivity index (χ0) is 16.2. The van der Waals surface area contributed by atoms with Crippen LogP contribution in [0.1, 0.15) is 24.5 Å². The molecule has 1 fully saturated rings. The summed E-state index contributed by atoms with van der Waals surface area (Å²) in [6.07, 6.45) is 3.10. The van der Waals surface area contributed by atoms with E-state index in [0.29, 0.717) is 19.7 Å². The Hall–Kier alpha value is -2.48. The van der Waals surface area contributed by atoms with E-state index in [9.17, 15) is 4.79 Å². The van der Waals surface area contributed by atoms with Gasteiger partial charge in [0.25, 0.3) is 0 Å². The number of morpholine rings is 1. The van der Waals surface area contributed by atoms with E-state index in [1.54, 1.807) is 23.5 Å². The standard InChI is InChI=1S/C15H20N6O2/c1-3-20-10-17-19-14(20)13-9-21(6-7-23-13)15(22)18-12-4-5-16-11(2)8-12/h4-5,8,10,13H,3,6-7,9H2,1-2H3,(H,16,18,22)/t13-/m0/s1. The third kappa shape index (κ3) is 3.48. The first-order valence-electron chi connectivity index (χ1n) is 7.65. The molecule has 1 N–H and O–H groups in total. The number of carbonyl (C=O) groups excluding carboxylic acids is 1. The van der Waals surface area contributed by atoms with Crippen LogP contribution >= 0.6 is 0 Å². The number of nitrogens with zero attached hydrogens (tertiary/aromatic N) is 5. The van der Waals surface area contributed by atoms with Gasteiger partial charge in [0.15, 0.2) is 5.82 Å². The molecule has 8 heteroatoms. The van der Waals surface area contributed by atoms with Gasteiger partial charge >= 0.3 is 6.03 Å². The van der Waals surface area contributed by atoms with Gasteiger partial charge in [-0.25, -0.2) is 4.79 Å². The van der Waals surface area contributed by atoms with Gasteiger partial charge < -0.3 is 19.5 Å². The lowest BCUT2D eigenvalue weighted by Gasteiger charge is -2.32. The van der Waals surface area contributed by atoms with Crippen molar-refractivity contribution in [2.24, 2.45) is 0 Å². The summed E-state index contributed by atoms with van der Waals surface area (Å²) < 4.78 is 7.69. The summed E-state index contributed by atoms with van der Waals surface area (Å²) in [6, 6.07) is 3.46. The van der Waals surface area contributed by atoms with Crippen LogP contribution in [0, 0.1) is 6.92 Å². The van der Waals surface area contributed by atoms with Gasteiger partial charge in [-0.05, 0) is 26.0 Å². The van der Waals surface area contributed by atoms with Gasteiger partial charge in [0.1, 0.15) is 12.4 Å². The van der Waals surface area contributed by atoms with Gasteiger partial charge in [-0.3, -0.25) is 4.98 Å². The fraction of sp³-hybridized carbons (Fsp3) is 0.467. The van der Waals surface area contributed by atoms with Crippen LogP contribution in [0.15, 0.2) is 24.7 Å². The summed E-state index contributed by atoms with van der Waals surface area (Å²) in [5.41, 5.74) is 1.60. The molecule has 0 saturated carbocycles. The summed E-state index contributed by atoms with van der Waals surface area (Å²) >= 11 is 0. The number of hydrogen-bond acceptors (Lipinski definition) is 5. The molecule has 23 heavy (non-hydrogen) atoms. The normalized spacial score (nSPS) is 18.0. The number of pyridine rings is 1. The van der Waals surface area contributed by atoms with E-state index in [4.69, 9.17) is 4.74 Å². The van der Waals surface area contributed by atoms with Crippen LogP contribution in [0.3, 0.4) is 0 Å². The number of aryl methyl sites for hydroxylation is 2. The van der Waals surface area contributed by atoms with Crippen molar-refractivity contribution < 1.29 is 9.53 Å². The third-order valence-corrected chi connectivity index (χ3v) is 3.78. The van der Waals surface area contributed by atoms with E-state index < -0.39 is 0 Å². The monoisotopic (exact) mass is 316 g/mol. The molecule has 0 aromatic carbocycles. The maximum absolute atomic E-state index is 12.4. The number of anilines is 1. The Kier molecular flexibility index (Phi) is 4.52. The maximum atomic E-state index is 12.4. The average molecular weight is 316 g/mol. The maximum Gasteiger partial charge on any atom is 0.322 e. The second-order valence-corrected chi connectivity index (χ2v) is 5.40. The molecule has 2 aromatic heterocycles. The van der Waals surface area contributed by atoms with E-state index in [1.807, 2.05) is 24.5 Å². The van der Waals surface area contributed by atoms with Crippen LogP contribution in [-0.4, -0.2) is 50.4 Å². The van der Waals surface area contributed by atoms with Crippen molar-refractivity contribution in [1.29, 1.82) is 0 Å². The Balaban J connectivity index is 1.67. The van der Waals surface area contributed by atoms with Gasteiger partial charge in [0.05, 0.1) is 13.2 Å². The van der Waals surface area contributed by atoms with Gasteiger partial charge in [-0.2, -0.15) is 0 Å². The minimum Gasteiger partial charge on any atom is -0.366 e. The van der Waals surface area contributed by atoms with Crippen molar-refractivity contribution in [2.45, 2.75) is 26.5 Å². The molecule has 3 heterocycles. The molecule has 2 aromatic rings. The van der Waals surface area contributed by atoms with E-state index in [0.717, 1.165) is 23.8 Å². The molecular weight excluding hydrogens is 296 g/mol. The smallest absolute Gasteiger partial charge is 0.322 e. The number of aromatic nitrogens is 4. The second-order valence-electron chi connectivity index (χ2n) is 5.40. The van der Waals surface area contributed by atoms with Crippen LogP contribution < -0.4 is 5.32 Å². The van der Waals surface area contributed by atoms with Gasteiger partial charge in [-0.15, -0.1) is 10.2 Å². The zero-order valence-electron chi connectivity index (χ0n) is 13.3. The predicted molar refractivity (Wildman–Crippen MR) is 84.0 cm³/mol. The Labute approximate surface area is 134 Å². The molecule has 0 spiro atoms. The first kappa shape index (κ1) is 15.4. The largest absolute Gasteiger partial charge is 0.366 e. The van der Waals surface area contributed by atoms with Crippen molar-refractivity contribution >= 4 is 11.7 Å². The number of urea groups is 1. The van der Waals surface area contributed by atoms with E-state index in [-0.39, 0.29) is 12.1 Å². The predicted octanol–water partition coefficient (Wildman–Crippen LogP) is 1.61. The molecule has 1 aliphatic rings. The molecule has 0 aliphatic carbocycles. The first-order valence-corrected chi connectivity index (χ1v) is 7.65. The quantitative estimate of drug-likeness (QED) is 0.930. The lowest BCUT2D eigenvalue weighted by molar-refractivity contribution is -0.0199. The van der Waals surface area contributed by atoms with Crippen molar-refractivity contribution in [1.82, 2.24) is 24.6 Å². The molecule has 0 unspecified atom stereocenters. The highest BCUT2D eigenvalue weighted by Gasteiger charge is 2.28. The topological polar surface area (TPSA) is 85.2 Å². The molecule has 8 nitrogen and oxygen atoms in total. The highest BCUT2D eigenvalue weighted by Crippen LogP contribution is 2.21. The lowest BCUT2D eigenvalue weighted by Crippen LogP contribution is -2.44. The third-order valence-electron chi connectivity index (χ3n) is 3.78. The number of carbonyl (C=O) groups is 1. The Morgan fingerprint density at radius 3 is 3.17 bits per heavy atom. The van der Waals surface area contributed by atoms with E-state index in [1.165, 1.54) is 0 Å². The Morgan fingerprint density at radius 2 is 2.39 bits per heavy atom. The molecular formula is C15H20N6O2. The first-order chi connectivity index (χ1) is 11.2. The van der Waals surface area contributed by atoms with Crippen molar-refractivity contribution in [3.05, 3.63) is 36.2 Å². The summed E-state index contributed by atoms with van der Waals surface area (Å²) in [5, 5.41) is 10.9. The van der Waals surface area contributed by atoms with Crippen LogP contribution in [0.4, 0.5) is 10.5 Å². The highest BCUT2D eigenvalue weighted by molar-refractivity contribution is 5.89. The number of nitrogens with one attached hydrogen (secondary N) is 1. The minimum atomic E-state index is -0.254. The van der Waals surface area contributed by atoms with Crippen molar-refractivity contribution in [3.63, 3.8) is 0 Å². The molecule has 3 rings (SSSR count). The van der Waals surface area contributed by atoms with E-state index >= 15 is 0 Å². The number of hydrogen-bond donors (Lipinski definition) is 1. The number of amides is 2. The van der Waals surface area contributed by atoms with Crippen LogP contribution in [0.5, 0.6) is 0 Å². The highest BCUT2D eigenvalue weighted by atomic mass is 16.5. The number of ether oxygens (including phenoxy) is 1. The van der Waals surface area contributed by atoms with Gasteiger partial charge in [0.2, 0.25) is 0 Å². The molecule has 1 saturated heterocycles. The van der Waals surface area contributed by atoms with Crippen LogP contribution in [0.2, 0.25) is 0 Å². The second kappa shape index (κ2) is 6.74. The molecule has 1 atom stereocenters. The Morgan fingerprint density at radius 1 is 1.52 bits per heavy atom. The summed E-state index contributed by atoms with van der Waals surface area (Å²) in [7, 11) is 0. The molecule has 0 radical (unpaired) electrons.